The van der Waals surface area contributed by atoms with Crippen molar-refractivity contribution in [3.63, 3.8) is 0 Å². The van der Waals surface area contributed by atoms with Crippen LogP contribution in [0.15, 0.2) is 78.9 Å². The molecule has 0 aliphatic carbocycles. The van der Waals surface area contributed by atoms with E-state index in [-0.39, 0.29) is 17.9 Å². The lowest BCUT2D eigenvalue weighted by atomic mass is 10.0. The lowest BCUT2D eigenvalue weighted by molar-refractivity contribution is -0.112. The highest BCUT2D eigenvalue weighted by molar-refractivity contribution is 6.31. The van der Waals surface area contributed by atoms with Gasteiger partial charge in [0.2, 0.25) is 0 Å². The number of nitriles is 1. The highest BCUT2D eigenvalue weighted by Gasteiger charge is 2.15. The zero-order chi connectivity index (χ0) is 24.5. The molecule has 3 rings (SSSR count). The van der Waals surface area contributed by atoms with E-state index in [0.29, 0.717) is 34.2 Å². The van der Waals surface area contributed by atoms with Gasteiger partial charge in [-0.3, -0.25) is 4.79 Å². The van der Waals surface area contributed by atoms with Gasteiger partial charge >= 0.3 is 0 Å². The largest absolute Gasteiger partial charge is 0.508 e. The molecule has 3 aromatic carbocycles. The Balaban J connectivity index is 1.90. The van der Waals surface area contributed by atoms with E-state index in [1.807, 2.05) is 30.3 Å². The lowest BCUT2D eigenvalue weighted by Crippen LogP contribution is -2.13. The number of nitrogens with one attached hydrogen (secondary N) is 1. The Bertz CT molecular complexity index is 1260. The Morgan fingerprint density at radius 2 is 1.91 bits per heavy atom. The van der Waals surface area contributed by atoms with Crippen molar-refractivity contribution in [3.8, 4) is 23.3 Å². The summed E-state index contributed by atoms with van der Waals surface area (Å²) in [7, 11) is 1.52. The molecule has 3 aromatic rings. The number of amides is 1. The molecule has 0 aliphatic heterocycles. The summed E-state index contributed by atoms with van der Waals surface area (Å²) in [5.41, 5.74) is 2.57. The molecule has 0 spiro atoms. The zero-order valence-corrected chi connectivity index (χ0v) is 19.3. The van der Waals surface area contributed by atoms with Crippen LogP contribution < -0.4 is 14.8 Å². The maximum atomic E-state index is 12.6. The van der Waals surface area contributed by atoms with Gasteiger partial charge in [0, 0.05) is 21.8 Å². The summed E-state index contributed by atoms with van der Waals surface area (Å²) in [6, 6.07) is 18.8. The van der Waals surface area contributed by atoms with Crippen molar-refractivity contribution < 1.29 is 19.4 Å². The third-order valence-electron chi connectivity index (χ3n) is 4.87. The van der Waals surface area contributed by atoms with E-state index in [9.17, 15) is 15.2 Å². The number of carbonyl (C=O) groups excluding carboxylic acids is 1. The average molecular weight is 475 g/mol. The maximum Gasteiger partial charge on any atom is 0.266 e. The van der Waals surface area contributed by atoms with Gasteiger partial charge in [-0.2, -0.15) is 5.26 Å². The molecule has 0 saturated carbocycles. The molecule has 0 unspecified atom stereocenters. The molecule has 0 saturated heterocycles. The van der Waals surface area contributed by atoms with Crippen molar-refractivity contribution in [3.05, 3.63) is 101 Å². The van der Waals surface area contributed by atoms with Crippen LogP contribution in [0.4, 0.5) is 5.69 Å². The van der Waals surface area contributed by atoms with E-state index in [0.717, 1.165) is 11.1 Å². The number of hydrogen-bond acceptors (Lipinski definition) is 5. The van der Waals surface area contributed by atoms with Crippen molar-refractivity contribution in [1.82, 2.24) is 0 Å². The molecule has 0 aromatic heterocycles. The van der Waals surface area contributed by atoms with E-state index in [1.54, 1.807) is 30.3 Å². The first-order valence-corrected chi connectivity index (χ1v) is 10.7. The minimum atomic E-state index is -0.573. The van der Waals surface area contributed by atoms with Gasteiger partial charge < -0.3 is 19.9 Å². The summed E-state index contributed by atoms with van der Waals surface area (Å²) < 4.78 is 11.6. The summed E-state index contributed by atoms with van der Waals surface area (Å²) in [6.07, 6.45) is 3.69. The standard InChI is InChI=1S/C27H23ClN2O4/c1-3-6-19-13-18(14-21(16-29)27(32)30-22-9-11-23(31)12-10-22)15-25(33-2)26(19)34-17-20-7-4-5-8-24(20)28/h3-5,7-15,31H,1,6,17H2,2H3,(H,30,32)/b21-14+. The molecule has 7 heteroatoms. The third-order valence-corrected chi connectivity index (χ3v) is 5.24. The van der Waals surface area contributed by atoms with Crippen LogP contribution in [0.5, 0.6) is 17.2 Å². The first kappa shape index (κ1) is 24.4. The van der Waals surface area contributed by atoms with Gasteiger partial charge in [0.25, 0.3) is 5.91 Å². The van der Waals surface area contributed by atoms with Gasteiger partial charge in [-0.05, 0) is 60.5 Å². The van der Waals surface area contributed by atoms with Gasteiger partial charge in [0.05, 0.1) is 7.11 Å². The van der Waals surface area contributed by atoms with Gasteiger partial charge in [-0.15, -0.1) is 6.58 Å². The topological polar surface area (TPSA) is 91.6 Å². The molecule has 34 heavy (non-hydrogen) atoms. The molecule has 0 heterocycles. The monoisotopic (exact) mass is 474 g/mol. The second-order valence-corrected chi connectivity index (χ2v) is 7.66. The van der Waals surface area contributed by atoms with Crippen LogP contribution in [0.3, 0.4) is 0 Å². The molecule has 0 fully saturated rings. The minimum absolute atomic E-state index is 0.0766. The number of halogens is 1. The number of carbonyl (C=O) groups is 1. The minimum Gasteiger partial charge on any atom is -0.508 e. The third kappa shape index (κ3) is 6.18. The molecule has 0 aliphatic rings. The fourth-order valence-electron chi connectivity index (χ4n) is 3.21. The van der Waals surface area contributed by atoms with E-state index in [1.165, 1.54) is 25.3 Å². The first-order valence-electron chi connectivity index (χ1n) is 10.3. The van der Waals surface area contributed by atoms with Crippen LogP contribution in [-0.4, -0.2) is 18.1 Å². The Labute approximate surface area is 203 Å². The van der Waals surface area contributed by atoms with E-state index >= 15 is 0 Å². The molecular formula is C27H23ClN2O4. The Morgan fingerprint density at radius 3 is 2.56 bits per heavy atom. The van der Waals surface area contributed by atoms with Crippen LogP contribution in [0.1, 0.15) is 16.7 Å². The highest BCUT2D eigenvalue weighted by atomic mass is 35.5. The molecule has 0 bridgehead atoms. The predicted molar refractivity (Wildman–Crippen MR) is 133 cm³/mol. The first-order chi connectivity index (χ1) is 16.4. The SMILES string of the molecule is C=CCc1cc(/C=C(\C#N)C(=O)Nc2ccc(O)cc2)cc(OC)c1OCc1ccccc1Cl. The number of rotatable bonds is 9. The summed E-state index contributed by atoms with van der Waals surface area (Å²) in [4.78, 5) is 12.6. The Kier molecular flexibility index (Phi) is 8.33. The molecule has 2 N–H and O–H groups in total. The van der Waals surface area contributed by atoms with Gasteiger partial charge in [-0.25, -0.2) is 0 Å². The van der Waals surface area contributed by atoms with E-state index in [4.69, 9.17) is 21.1 Å². The van der Waals surface area contributed by atoms with Gasteiger partial charge in [-0.1, -0.05) is 35.9 Å². The molecule has 172 valence electrons. The second-order valence-electron chi connectivity index (χ2n) is 7.26. The molecular weight excluding hydrogens is 452 g/mol. The normalized spacial score (nSPS) is 10.8. The van der Waals surface area contributed by atoms with Crippen molar-refractivity contribution in [2.75, 3.05) is 12.4 Å². The fourth-order valence-corrected chi connectivity index (χ4v) is 3.40. The number of phenols is 1. The number of benzene rings is 3. The Morgan fingerprint density at radius 1 is 1.18 bits per heavy atom. The van der Waals surface area contributed by atoms with Crippen molar-refractivity contribution in [1.29, 1.82) is 5.26 Å². The molecule has 0 atom stereocenters. The van der Waals surface area contributed by atoms with Gasteiger partial charge in [0.15, 0.2) is 11.5 Å². The van der Waals surface area contributed by atoms with Crippen LogP contribution >= 0.6 is 11.6 Å². The van der Waals surface area contributed by atoms with E-state index < -0.39 is 5.91 Å². The number of phenolic OH excluding ortho intramolecular Hbond substituents is 1. The molecule has 6 nitrogen and oxygen atoms in total. The second kappa shape index (κ2) is 11.6. The summed E-state index contributed by atoms with van der Waals surface area (Å²) >= 11 is 6.24. The summed E-state index contributed by atoms with van der Waals surface area (Å²) in [6.45, 7) is 4.05. The van der Waals surface area contributed by atoms with Crippen molar-refractivity contribution in [2.45, 2.75) is 13.0 Å². The number of nitrogens with zero attached hydrogens (tertiary/aromatic N) is 1. The number of ether oxygens (including phenoxy) is 2. The number of hydrogen-bond donors (Lipinski definition) is 2. The Hall–Kier alpha value is -4.21. The number of methoxy groups -OCH3 is 1. The maximum absolute atomic E-state index is 12.6. The smallest absolute Gasteiger partial charge is 0.266 e. The van der Waals surface area contributed by atoms with Crippen molar-refractivity contribution in [2.24, 2.45) is 0 Å². The average Bonchev–Trinajstić information content (AvgIpc) is 2.84. The van der Waals surface area contributed by atoms with Gasteiger partial charge in [0.1, 0.15) is 24.0 Å². The van der Waals surface area contributed by atoms with E-state index in [2.05, 4.69) is 11.9 Å². The van der Waals surface area contributed by atoms with Crippen LogP contribution in [0.2, 0.25) is 5.02 Å². The van der Waals surface area contributed by atoms with Crippen LogP contribution in [-0.2, 0) is 17.8 Å². The zero-order valence-electron chi connectivity index (χ0n) is 18.5. The lowest BCUT2D eigenvalue weighted by Gasteiger charge is -2.16. The van der Waals surface area contributed by atoms with Crippen LogP contribution in [0.25, 0.3) is 6.08 Å². The summed E-state index contributed by atoms with van der Waals surface area (Å²) in [5.74, 6) is 0.490. The quantitative estimate of drug-likeness (QED) is 0.174. The van der Waals surface area contributed by atoms with Crippen LogP contribution in [0, 0.1) is 11.3 Å². The highest BCUT2D eigenvalue weighted by Crippen LogP contribution is 2.35. The number of anilines is 1. The molecule has 0 radical (unpaired) electrons. The molecule has 1 amide bonds. The van der Waals surface area contributed by atoms with Crippen molar-refractivity contribution >= 4 is 29.3 Å². The number of aromatic hydroxyl groups is 1. The number of allylic oxidation sites excluding steroid dienone is 1. The fraction of sp³-hybridized carbons (Fsp3) is 0.111. The summed E-state index contributed by atoms with van der Waals surface area (Å²) in [5, 5.41) is 22.2. The predicted octanol–water partition coefficient (Wildman–Crippen LogP) is 5.91.